The number of carbonyl (C=O) groups is 3. The zero-order chi connectivity index (χ0) is 16.8. The monoisotopic (exact) mass is 339 g/mol. The highest BCUT2D eigenvalue weighted by Gasteiger charge is 2.25. The number of fused-ring (bicyclic) bond motifs is 1. The van der Waals surface area contributed by atoms with E-state index in [4.69, 9.17) is 9.84 Å². The lowest BCUT2D eigenvalue weighted by Crippen LogP contribution is -2.15. The standard InChI is InChI=1S/C16H21NO5S/c1-22-16(21)14-10-6-4-2-3-5-7-11(10)23-15(14)17-12(18)8-9-13(19)20/h2-9H2,1H3,(H,17,18)(H,19,20). The number of thiophene rings is 1. The largest absolute Gasteiger partial charge is 0.481 e. The number of amides is 1. The van der Waals surface area contributed by atoms with Crippen LogP contribution in [-0.4, -0.2) is 30.1 Å². The normalized spacial score (nSPS) is 14.3. The second-order valence-electron chi connectivity index (χ2n) is 5.56. The fourth-order valence-corrected chi connectivity index (χ4v) is 4.03. The van der Waals surface area contributed by atoms with Gasteiger partial charge >= 0.3 is 11.9 Å². The van der Waals surface area contributed by atoms with Crippen molar-refractivity contribution in [3.8, 4) is 0 Å². The predicted octanol–water partition coefficient (Wildman–Crippen LogP) is 3.00. The van der Waals surface area contributed by atoms with Gasteiger partial charge in [0.15, 0.2) is 0 Å². The summed E-state index contributed by atoms with van der Waals surface area (Å²) < 4.78 is 4.88. The Morgan fingerprint density at radius 3 is 2.48 bits per heavy atom. The summed E-state index contributed by atoms with van der Waals surface area (Å²) in [5, 5.41) is 11.8. The van der Waals surface area contributed by atoms with Gasteiger partial charge in [0, 0.05) is 11.3 Å². The Hall–Kier alpha value is -1.89. The minimum atomic E-state index is -1.02. The number of aryl methyl sites for hydroxylation is 1. The lowest BCUT2D eigenvalue weighted by atomic mass is 9.96. The number of ether oxygens (including phenoxy) is 1. The number of nitrogens with one attached hydrogen (secondary N) is 1. The molecule has 0 aromatic carbocycles. The van der Waals surface area contributed by atoms with Crippen LogP contribution >= 0.6 is 11.3 Å². The number of aliphatic carboxylic acids is 1. The van der Waals surface area contributed by atoms with Crippen LogP contribution in [0.4, 0.5) is 5.00 Å². The highest BCUT2D eigenvalue weighted by atomic mass is 32.1. The zero-order valence-corrected chi connectivity index (χ0v) is 14.0. The first kappa shape index (κ1) is 17.5. The molecule has 0 fully saturated rings. The number of hydrogen-bond acceptors (Lipinski definition) is 5. The third kappa shape index (κ3) is 4.54. The number of esters is 1. The van der Waals surface area contributed by atoms with Crippen molar-refractivity contribution in [3.05, 3.63) is 16.0 Å². The van der Waals surface area contributed by atoms with Crippen LogP contribution in [-0.2, 0) is 27.2 Å². The van der Waals surface area contributed by atoms with Crippen molar-refractivity contribution in [2.75, 3.05) is 12.4 Å². The molecule has 1 aliphatic carbocycles. The van der Waals surface area contributed by atoms with Gasteiger partial charge in [0.2, 0.25) is 5.91 Å². The number of carboxylic acids is 1. The minimum absolute atomic E-state index is 0.113. The Kier molecular flexibility index (Phi) is 6.15. The highest BCUT2D eigenvalue weighted by Crippen LogP contribution is 2.37. The van der Waals surface area contributed by atoms with Crippen LogP contribution in [0.15, 0.2) is 0 Å². The van der Waals surface area contributed by atoms with E-state index < -0.39 is 17.8 Å². The van der Waals surface area contributed by atoms with Crippen LogP contribution in [0.2, 0.25) is 0 Å². The molecule has 1 aromatic rings. The summed E-state index contributed by atoms with van der Waals surface area (Å²) in [4.78, 5) is 35.7. The van der Waals surface area contributed by atoms with Crippen molar-refractivity contribution in [2.45, 2.75) is 51.4 Å². The molecule has 1 heterocycles. The number of rotatable bonds is 5. The first-order chi connectivity index (χ1) is 11.0. The Morgan fingerprint density at radius 2 is 1.83 bits per heavy atom. The quantitative estimate of drug-likeness (QED) is 0.805. The average Bonchev–Trinajstić information content (AvgIpc) is 2.81. The van der Waals surface area contributed by atoms with Gasteiger partial charge in [0.05, 0.1) is 19.1 Å². The average molecular weight is 339 g/mol. The maximum Gasteiger partial charge on any atom is 0.341 e. The molecule has 6 nitrogen and oxygen atoms in total. The van der Waals surface area contributed by atoms with Gasteiger partial charge in [-0.2, -0.15) is 0 Å². The Morgan fingerprint density at radius 1 is 1.13 bits per heavy atom. The van der Waals surface area contributed by atoms with Gasteiger partial charge in [-0.05, 0) is 31.2 Å². The molecule has 126 valence electrons. The van der Waals surface area contributed by atoms with Crippen molar-refractivity contribution >= 4 is 34.2 Å². The Bertz CT molecular complexity index is 608. The fourth-order valence-electron chi connectivity index (χ4n) is 2.74. The molecular weight excluding hydrogens is 318 g/mol. The SMILES string of the molecule is COC(=O)c1c(NC(=O)CCC(=O)O)sc2c1CCCCCC2. The van der Waals surface area contributed by atoms with Crippen molar-refractivity contribution in [3.63, 3.8) is 0 Å². The van der Waals surface area contributed by atoms with E-state index in [1.54, 1.807) is 0 Å². The van der Waals surface area contributed by atoms with Gasteiger partial charge in [0.1, 0.15) is 5.00 Å². The lowest BCUT2D eigenvalue weighted by Gasteiger charge is -2.10. The summed E-state index contributed by atoms with van der Waals surface area (Å²) in [5.41, 5.74) is 1.42. The summed E-state index contributed by atoms with van der Waals surface area (Å²) in [6, 6.07) is 0. The fraction of sp³-hybridized carbons (Fsp3) is 0.562. The summed E-state index contributed by atoms with van der Waals surface area (Å²) in [6.45, 7) is 0. The highest BCUT2D eigenvalue weighted by molar-refractivity contribution is 7.17. The van der Waals surface area contributed by atoms with Gasteiger partial charge in [-0.25, -0.2) is 4.79 Å². The topological polar surface area (TPSA) is 92.7 Å². The molecule has 0 saturated heterocycles. The first-order valence-corrected chi connectivity index (χ1v) is 8.59. The molecule has 2 rings (SSSR count). The van der Waals surface area contributed by atoms with Gasteiger partial charge in [-0.15, -0.1) is 11.3 Å². The molecule has 0 unspecified atom stereocenters. The van der Waals surface area contributed by atoms with Gasteiger partial charge in [-0.3, -0.25) is 9.59 Å². The van der Waals surface area contributed by atoms with E-state index in [2.05, 4.69) is 5.32 Å². The van der Waals surface area contributed by atoms with Crippen molar-refractivity contribution < 1.29 is 24.2 Å². The molecule has 1 aliphatic rings. The van der Waals surface area contributed by atoms with Gasteiger partial charge in [0.25, 0.3) is 0 Å². The number of carbonyl (C=O) groups excluding carboxylic acids is 2. The molecule has 0 saturated carbocycles. The smallest absolute Gasteiger partial charge is 0.341 e. The Labute approximate surface area is 138 Å². The van der Waals surface area contributed by atoms with Crippen LogP contribution in [0.1, 0.15) is 59.3 Å². The molecule has 1 amide bonds. The molecule has 0 atom stereocenters. The Balaban J connectivity index is 2.26. The number of carboxylic acid groups (broad SMARTS) is 1. The summed E-state index contributed by atoms with van der Waals surface area (Å²) in [5.74, 6) is -1.87. The number of hydrogen-bond donors (Lipinski definition) is 2. The molecule has 0 aliphatic heterocycles. The van der Waals surface area contributed by atoms with E-state index in [1.807, 2.05) is 0 Å². The van der Waals surface area contributed by atoms with Crippen molar-refractivity contribution in [1.82, 2.24) is 0 Å². The molecular formula is C16H21NO5S. The van der Waals surface area contributed by atoms with Crippen LogP contribution in [0.25, 0.3) is 0 Å². The molecule has 1 aromatic heterocycles. The van der Waals surface area contributed by atoms with Crippen molar-refractivity contribution in [1.29, 1.82) is 0 Å². The zero-order valence-electron chi connectivity index (χ0n) is 13.1. The number of methoxy groups -OCH3 is 1. The number of anilines is 1. The van der Waals surface area contributed by atoms with E-state index in [1.165, 1.54) is 24.9 Å². The van der Waals surface area contributed by atoms with E-state index >= 15 is 0 Å². The van der Waals surface area contributed by atoms with Gasteiger partial charge in [-0.1, -0.05) is 12.8 Å². The maximum absolute atomic E-state index is 12.2. The summed E-state index contributed by atoms with van der Waals surface area (Å²) in [7, 11) is 1.32. The molecule has 23 heavy (non-hydrogen) atoms. The molecule has 0 spiro atoms. The van der Waals surface area contributed by atoms with E-state index in [-0.39, 0.29) is 12.8 Å². The molecule has 2 N–H and O–H groups in total. The van der Waals surface area contributed by atoms with E-state index in [0.717, 1.165) is 42.5 Å². The third-order valence-electron chi connectivity index (χ3n) is 3.88. The second-order valence-corrected chi connectivity index (χ2v) is 6.66. The molecule has 7 heteroatoms. The van der Waals surface area contributed by atoms with E-state index in [0.29, 0.717) is 10.6 Å². The lowest BCUT2D eigenvalue weighted by molar-refractivity contribution is -0.138. The van der Waals surface area contributed by atoms with Gasteiger partial charge < -0.3 is 15.2 Å². The minimum Gasteiger partial charge on any atom is -0.481 e. The van der Waals surface area contributed by atoms with Crippen molar-refractivity contribution in [2.24, 2.45) is 0 Å². The first-order valence-electron chi connectivity index (χ1n) is 7.77. The molecule has 0 bridgehead atoms. The summed E-state index contributed by atoms with van der Waals surface area (Å²) >= 11 is 1.41. The van der Waals surface area contributed by atoms with Crippen LogP contribution in [0.3, 0.4) is 0 Å². The van der Waals surface area contributed by atoms with Crippen LogP contribution in [0.5, 0.6) is 0 Å². The predicted molar refractivity (Wildman–Crippen MR) is 87.0 cm³/mol. The third-order valence-corrected chi connectivity index (χ3v) is 5.09. The van der Waals surface area contributed by atoms with E-state index in [9.17, 15) is 14.4 Å². The second kappa shape index (κ2) is 8.10. The summed E-state index contributed by atoms with van der Waals surface area (Å²) in [6.07, 6.45) is 5.75. The maximum atomic E-state index is 12.2. The van der Waals surface area contributed by atoms with Crippen LogP contribution < -0.4 is 5.32 Å². The van der Waals surface area contributed by atoms with Crippen LogP contribution in [0, 0.1) is 0 Å². The molecule has 0 radical (unpaired) electrons.